The number of hydrogen-bond acceptors (Lipinski definition) is 3. The molecule has 1 unspecified atom stereocenters. The summed E-state index contributed by atoms with van der Waals surface area (Å²) >= 11 is 3.48. The molecule has 2 aromatic rings. The van der Waals surface area contributed by atoms with Crippen LogP contribution in [0.2, 0.25) is 0 Å². The van der Waals surface area contributed by atoms with Crippen LogP contribution in [0.25, 0.3) is 0 Å². The molecule has 0 aliphatic carbocycles. The van der Waals surface area contributed by atoms with Crippen molar-refractivity contribution in [2.45, 2.75) is 16.7 Å². The number of para-hydroxylation sites is 1. The maximum atomic E-state index is 12.2. The molecule has 0 aliphatic heterocycles. The van der Waals surface area contributed by atoms with Gasteiger partial charge in [0.2, 0.25) is 0 Å². The number of carbonyl (C=O) groups excluding carboxylic acids is 1. The van der Waals surface area contributed by atoms with Crippen molar-refractivity contribution in [2.24, 2.45) is 0 Å². The average molecular weight is 362 g/mol. The first-order chi connectivity index (χ1) is 11.6. The van der Waals surface area contributed by atoms with Crippen LogP contribution in [0.1, 0.15) is 5.56 Å². The van der Waals surface area contributed by atoms with Crippen LogP contribution in [0.5, 0.6) is 0 Å². The summed E-state index contributed by atoms with van der Waals surface area (Å²) in [6.07, 6.45) is 2.02. The maximum absolute atomic E-state index is 12.2. The molecule has 2 rings (SSSR count). The molecule has 24 heavy (non-hydrogen) atoms. The van der Waals surface area contributed by atoms with E-state index in [4.69, 9.17) is 0 Å². The maximum Gasteiger partial charge on any atom is 0.279 e. The Bertz CT molecular complexity index is 659. The van der Waals surface area contributed by atoms with E-state index in [1.54, 1.807) is 11.8 Å². The first-order valence-electron chi connectivity index (χ1n) is 8.02. The highest BCUT2D eigenvalue weighted by atomic mass is 32.2. The van der Waals surface area contributed by atoms with E-state index in [0.717, 1.165) is 22.9 Å². The number of benzene rings is 2. The number of hydrogen-bond donors (Lipinski definition) is 2. The Balaban J connectivity index is 1.74. The minimum atomic E-state index is 0.0642. The van der Waals surface area contributed by atoms with E-state index >= 15 is 0 Å². The van der Waals surface area contributed by atoms with Gasteiger partial charge >= 0.3 is 0 Å². The summed E-state index contributed by atoms with van der Waals surface area (Å²) in [6, 6.07) is 16.5. The molecule has 128 valence electrons. The van der Waals surface area contributed by atoms with E-state index < -0.39 is 0 Å². The minimum Gasteiger partial charge on any atom is -0.329 e. The smallest absolute Gasteiger partial charge is 0.279 e. The Morgan fingerprint density at radius 2 is 1.83 bits per heavy atom. The normalized spacial score (nSPS) is 12.0. The fourth-order valence-corrected chi connectivity index (χ4v) is 3.85. The van der Waals surface area contributed by atoms with Gasteiger partial charge in [0.05, 0.1) is 19.3 Å². The zero-order chi connectivity index (χ0) is 17.4. The van der Waals surface area contributed by atoms with Gasteiger partial charge in [0.25, 0.3) is 5.91 Å². The molecule has 2 N–H and O–H groups in total. The molecule has 5 heteroatoms. The summed E-state index contributed by atoms with van der Waals surface area (Å²) in [5, 5.41) is 3.02. The summed E-state index contributed by atoms with van der Waals surface area (Å²) in [7, 11) is 2.07. The third kappa shape index (κ3) is 6.23. The number of aryl methyl sites for hydroxylation is 1. The van der Waals surface area contributed by atoms with E-state index in [-0.39, 0.29) is 5.91 Å². The van der Waals surface area contributed by atoms with Gasteiger partial charge in [-0.3, -0.25) is 4.79 Å². The number of thioether (sulfide) groups is 2. The van der Waals surface area contributed by atoms with E-state index in [0.29, 0.717) is 6.54 Å². The zero-order valence-electron chi connectivity index (χ0n) is 14.5. The van der Waals surface area contributed by atoms with Crippen LogP contribution in [0.15, 0.2) is 58.3 Å². The largest absolute Gasteiger partial charge is 0.329 e. The molecule has 1 atom stereocenters. The highest BCUT2D eigenvalue weighted by Crippen LogP contribution is 2.24. The fourth-order valence-electron chi connectivity index (χ4n) is 2.28. The van der Waals surface area contributed by atoms with Gasteiger partial charge in [-0.15, -0.1) is 23.5 Å². The second-order valence-electron chi connectivity index (χ2n) is 5.79. The van der Waals surface area contributed by atoms with E-state index in [1.165, 1.54) is 15.4 Å². The molecule has 0 fully saturated rings. The lowest BCUT2D eigenvalue weighted by molar-refractivity contribution is -0.868. The van der Waals surface area contributed by atoms with Crippen LogP contribution >= 0.6 is 23.5 Å². The standard InChI is InChI=1S/C19H24N2OS2/c1-15-8-10-16(11-9-15)24-13-12-21(2)14-19(22)20-17-6-4-5-7-18(17)23-3/h4-11H,12-14H2,1-3H3,(H,20,22)/p+1. The molecule has 2 aromatic carbocycles. The SMILES string of the molecule is CSc1ccccc1NC(=O)C[NH+](C)CCSc1ccc(C)cc1. The highest BCUT2D eigenvalue weighted by molar-refractivity contribution is 7.99. The molecule has 3 nitrogen and oxygen atoms in total. The first-order valence-corrected chi connectivity index (χ1v) is 10.2. The summed E-state index contributed by atoms with van der Waals surface area (Å²) < 4.78 is 0. The molecule has 0 aliphatic rings. The Morgan fingerprint density at radius 3 is 2.54 bits per heavy atom. The highest BCUT2D eigenvalue weighted by Gasteiger charge is 2.11. The number of amides is 1. The Kier molecular flexibility index (Phi) is 7.69. The molecule has 0 radical (unpaired) electrons. The minimum absolute atomic E-state index is 0.0642. The first kappa shape index (κ1) is 18.9. The van der Waals surface area contributed by atoms with Crippen molar-refractivity contribution in [2.75, 3.05) is 37.5 Å². The molecule has 0 saturated carbocycles. The number of nitrogens with one attached hydrogen (secondary N) is 2. The predicted octanol–water partition coefficient (Wildman–Crippen LogP) is 2.96. The van der Waals surface area contributed by atoms with Crippen molar-refractivity contribution in [3.63, 3.8) is 0 Å². The quantitative estimate of drug-likeness (QED) is 0.709. The van der Waals surface area contributed by atoms with Crippen molar-refractivity contribution in [3.05, 3.63) is 54.1 Å². The Morgan fingerprint density at radius 1 is 1.12 bits per heavy atom. The van der Waals surface area contributed by atoms with Gasteiger partial charge in [-0.05, 0) is 37.4 Å². The van der Waals surface area contributed by atoms with Crippen LogP contribution < -0.4 is 10.2 Å². The van der Waals surface area contributed by atoms with Crippen LogP contribution in [0.3, 0.4) is 0 Å². The lowest BCUT2D eigenvalue weighted by Gasteiger charge is -2.14. The fraction of sp³-hybridized carbons (Fsp3) is 0.316. The Labute approximate surface area is 153 Å². The predicted molar refractivity (Wildman–Crippen MR) is 105 cm³/mol. The van der Waals surface area contributed by atoms with Gasteiger partial charge in [0.1, 0.15) is 0 Å². The lowest BCUT2D eigenvalue weighted by Crippen LogP contribution is -3.10. The van der Waals surface area contributed by atoms with Crippen molar-refractivity contribution < 1.29 is 9.69 Å². The van der Waals surface area contributed by atoms with Gasteiger partial charge in [0, 0.05) is 15.5 Å². The molecule has 0 aromatic heterocycles. The molecular formula is C19H25N2OS2+. The summed E-state index contributed by atoms with van der Waals surface area (Å²) in [6.45, 7) is 3.54. The molecule has 0 bridgehead atoms. The average Bonchev–Trinajstić information content (AvgIpc) is 2.57. The van der Waals surface area contributed by atoms with Crippen molar-refractivity contribution in [1.82, 2.24) is 0 Å². The third-order valence-electron chi connectivity index (χ3n) is 3.66. The number of anilines is 1. The zero-order valence-corrected chi connectivity index (χ0v) is 16.1. The number of likely N-dealkylation sites (N-methyl/N-ethyl adjacent to an activating group) is 1. The second kappa shape index (κ2) is 9.77. The van der Waals surface area contributed by atoms with Gasteiger partial charge in [0.15, 0.2) is 6.54 Å². The molecule has 1 amide bonds. The molecule has 0 spiro atoms. The van der Waals surface area contributed by atoms with Crippen LogP contribution in [0.4, 0.5) is 5.69 Å². The van der Waals surface area contributed by atoms with Crippen LogP contribution in [-0.4, -0.2) is 38.1 Å². The van der Waals surface area contributed by atoms with Crippen molar-refractivity contribution in [1.29, 1.82) is 0 Å². The van der Waals surface area contributed by atoms with Gasteiger partial charge in [-0.1, -0.05) is 29.8 Å². The molecule has 0 heterocycles. The van der Waals surface area contributed by atoms with E-state index in [2.05, 4.69) is 43.6 Å². The van der Waals surface area contributed by atoms with E-state index in [1.807, 2.05) is 42.3 Å². The van der Waals surface area contributed by atoms with Gasteiger partial charge in [-0.25, -0.2) is 0 Å². The number of carbonyl (C=O) groups is 1. The Hall–Kier alpha value is -1.43. The monoisotopic (exact) mass is 361 g/mol. The van der Waals surface area contributed by atoms with Crippen LogP contribution in [-0.2, 0) is 4.79 Å². The third-order valence-corrected chi connectivity index (χ3v) is 5.47. The van der Waals surface area contributed by atoms with Crippen molar-refractivity contribution in [3.8, 4) is 0 Å². The molecule has 0 saturated heterocycles. The lowest BCUT2D eigenvalue weighted by atomic mass is 10.2. The topological polar surface area (TPSA) is 33.5 Å². The number of quaternary nitrogens is 1. The summed E-state index contributed by atoms with van der Waals surface area (Å²) in [5.41, 5.74) is 2.18. The van der Waals surface area contributed by atoms with E-state index in [9.17, 15) is 4.79 Å². The summed E-state index contributed by atoms with van der Waals surface area (Å²) in [5.74, 6) is 1.07. The summed E-state index contributed by atoms with van der Waals surface area (Å²) in [4.78, 5) is 15.8. The van der Waals surface area contributed by atoms with Crippen molar-refractivity contribution >= 4 is 35.1 Å². The second-order valence-corrected chi connectivity index (χ2v) is 7.81. The van der Waals surface area contributed by atoms with Gasteiger partial charge < -0.3 is 10.2 Å². The molecular weight excluding hydrogens is 336 g/mol. The van der Waals surface area contributed by atoms with Crippen LogP contribution in [0, 0.1) is 6.92 Å². The van der Waals surface area contributed by atoms with Gasteiger partial charge in [-0.2, -0.15) is 0 Å². The number of rotatable bonds is 8.